The molecule has 13 heavy (non-hydrogen) atoms. The van der Waals surface area contributed by atoms with Crippen LogP contribution in [0.2, 0.25) is 5.02 Å². The summed E-state index contributed by atoms with van der Waals surface area (Å²) in [6, 6.07) is 3.13. The molecule has 0 aromatic heterocycles. The lowest BCUT2D eigenvalue weighted by atomic mass is 10.1. The van der Waals surface area contributed by atoms with E-state index in [-0.39, 0.29) is 17.3 Å². The molecule has 1 atom stereocenters. The van der Waals surface area contributed by atoms with Crippen LogP contribution in [0.1, 0.15) is 11.7 Å². The highest BCUT2D eigenvalue weighted by atomic mass is 79.9. The molecule has 1 aromatic carbocycles. The number of phenolic OH excluding ortho intramolecular Hbond substituents is 1. The van der Waals surface area contributed by atoms with Crippen LogP contribution in [0.4, 0.5) is 0 Å². The summed E-state index contributed by atoms with van der Waals surface area (Å²) >= 11 is 8.89. The molecule has 0 saturated carbocycles. The van der Waals surface area contributed by atoms with Gasteiger partial charge in [-0.15, -0.1) is 0 Å². The fourth-order valence-corrected chi connectivity index (χ4v) is 1.80. The van der Waals surface area contributed by atoms with Crippen molar-refractivity contribution >= 4 is 27.5 Å². The van der Waals surface area contributed by atoms with Crippen LogP contribution in [0.5, 0.6) is 5.75 Å². The molecular weight excluding hydrogens is 257 g/mol. The molecule has 1 unspecified atom stereocenters. The molecule has 0 spiro atoms. The Bertz CT molecular complexity index is 319. The predicted octanol–water partition coefficient (Wildman–Crippen LogP) is 1.80. The van der Waals surface area contributed by atoms with Crippen molar-refractivity contribution in [3.63, 3.8) is 0 Å². The van der Waals surface area contributed by atoms with E-state index in [4.69, 9.17) is 17.3 Å². The van der Waals surface area contributed by atoms with Gasteiger partial charge >= 0.3 is 0 Å². The van der Waals surface area contributed by atoms with E-state index in [9.17, 15) is 10.2 Å². The third-order valence-electron chi connectivity index (χ3n) is 1.64. The van der Waals surface area contributed by atoms with Crippen LogP contribution in [0, 0.1) is 0 Å². The van der Waals surface area contributed by atoms with Crippen LogP contribution >= 0.6 is 27.5 Å². The standard InChI is InChI=1S/C8H9BrClNO2/c9-4-1-5(7(12)3-11)8(13)6(10)2-4/h1-2,7,12-13H,3,11H2. The van der Waals surface area contributed by atoms with Gasteiger partial charge in [-0.2, -0.15) is 0 Å². The minimum absolute atomic E-state index is 0.0420. The quantitative estimate of drug-likeness (QED) is 0.765. The number of aliphatic hydroxyl groups excluding tert-OH is 1. The highest BCUT2D eigenvalue weighted by Crippen LogP contribution is 2.34. The van der Waals surface area contributed by atoms with Gasteiger partial charge in [-0.25, -0.2) is 0 Å². The van der Waals surface area contributed by atoms with Crippen LogP contribution in [0.3, 0.4) is 0 Å². The smallest absolute Gasteiger partial charge is 0.140 e. The molecule has 0 aliphatic heterocycles. The minimum atomic E-state index is -0.894. The minimum Gasteiger partial charge on any atom is -0.506 e. The summed E-state index contributed by atoms with van der Waals surface area (Å²) < 4.78 is 0.692. The summed E-state index contributed by atoms with van der Waals surface area (Å²) in [6.45, 7) is 0.0420. The van der Waals surface area contributed by atoms with Gasteiger partial charge in [0.25, 0.3) is 0 Å². The van der Waals surface area contributed by atoms with Gasteiger partial charge in [0.15, 0.2) is 0 Å². The Labute approximate surface area is 89.3 Å². The molecule has 0 amide bonds. The lowest BCUT2D eigenvalue weighted by Crippen LogP contribution is -2.11. The largest absolute Gasteiger partial charge is 0.506 e. The molecule has 0 aliphatic carbocycles. The van der Waals surface area contributed by atoms with E-state index in [1.54, 1.807) is 12.1 Å². The van der Waals surface area contributed by atoms with Crippen molar-refractivity contribution in [2.24, 2.45) is 5.73 Å². The highest BCUT2D eigenvalue weighted by molar-refractivity contribution is 9.10. The van der Waals surface area contributed by atoms with Crippen molar-refractivity contribution in [3.05, 3.63) is 27.2 Å². The van der Waals surface area contributed by atoms with Crippen molar-refractivity contribution in [3.8, 4) is 5.75 Å². The number of aliphatic hydroxyl groups is 1. The SMILES string of the molecule is NCC(O)c1cc(Br)cc(Cl)c1O. The molecule has 3 nitrogen and oxygen atoms in total. The second kappa shape index (κ2) is 4.28. The molecule has 0 fully saturated rings. The maximum atomic E-state index is 9.46. The van der Waals surface area contributed by atoms with E-state index in [1.807, 2.05) is 0 Å². The van der Waals surface area contributed by atoms with Crippen LogP contribution in [-0.4, -0.2) is 16.8 Å². The van der Waals surface area contributed by atoms with Crippen LogP contribution in [-0.2, 0) is 0 Å². The Morgan fingerprint density at radius 2 is 2.15 bits per heavy atom. The van der Waals surface area contributed by atoms with Crippen molar-refractivity contribution in [2.75, 3.05) is 6.54 Å². The summed E-state index contributed by atoms with van der Waals surface area (Å²) in [5.74, 6) is -0.122. The highest BCUT2D eigenvalue weighted by Gasteiger charge is 2.14. The van der Waals surface area contributed by atoms with Gasteiger partial charge in [-0.3, -0.25) is 0 Å². The Morgan fingerprint density at radius 3 is 2.69 bits per heavy atom. The van der Waals surface area contributed by atoms with Gasteiger partial charge in [-0.1, -0.05) is 27.5 Å². The third kappa shape index (κ3) is 2.34. The summed E-state index contributed by atoms with van der Waals surface area (Å²) in [4.78, 5) is 0. The number of rotatable bonds is 2. The third-order valence-corrected chi connectivity index (χ3v) is 2.39. The first-order chi connectivity index (χ1) is 6.06. The van der Waals surface area contributed by atoms with Gasteiger partial charge in [-0.05, 0) is 12.1 Å². The number of phenols is 1. The van der Waals surface area contributed by atoms with Gasteiger partial charge in [0.05, 0.1) is 11.1 Å². The number of hydrogen-bond donors (Lipinski definition) is 3. The molecule has 1 aromatic rings. The van der Waals surface area contributed by atoms with E-state index in [0.717, 1.165) is 0 Å². The lowest BCUT2D eigenvalue weighted by Gasteiger charge is -2.11. The number of aromatic hydroxyl groups is 1. The van der Waals surface area contributed by atoms with Crippen LogP contribution < -0.4 is 5.73 Å². The molecule has 1 rings (SSSR count). The second-order valence-corrected chi connectivity index (χ2v) is 3.90. The lowest BCUT2D eigenvalue weighted by molar-refractivity contribution is 0.182. The molecule has 0 bridgehead atoms. The Morgan fingerprint density at radius 1 is 1.54 bits per heavy atom. The van der Waals surface area contributed by atoms with Gasteiger partial charge in [0.2, 0.25) is 0 Å². The fourth-order valence-electron chi connectivity index (χ4n) is 0.967. The molecule has 4 N–H and O–H groups in total. The summed E-state index contributed by atoms with van der Waals surface area (Å²) in [5.41, 5.74) is 5.59. The van der Waals surface area contributed by atoms with E-state index >= 15 is 0 Å². The Hall–Kier alpha value is -0.290. The normalized spacial score (nSPS) is 12.9. The van der Waals surface area contributed by atoms with Gasteiger partial charge in [0, 0.05) is 16.6 Å². The molecule has 0 radical (unpaired) electrons. The van der Waals surface area contributed by atoms with Gasteiger partial charge in [0.1, 0.15) is 5.75 Å². The van der Waals surface area contributed by atoms with E-state index in [1.165, 1.54) is 0 Å². The summed E-state index contributed by atoms with van der Waals surface area (Å²) in [7, 11) is 0. The average molecular weight is 267 g/mol. The molecule has 0 aliphatic rings. The topological polar surface area (TPSA) is 66.5 Å². The summed E-state index contributed by atoms with van der Waals surface area (Å²) in [5, 5.41) is 19.0. The predicted molar refractivity (Wildman–Crippen MR) is 54.8 cm³/mol. The first-order valence-corrected chi connectivity index (χ1v) is 4.79. The molecule has 0 saturated heterocycles. The first kappa shape index (κ1) is 10.8. The zero-order valence-corrected chi connectivity index (χ0v) is 9.01. The molecular formula is C8H9BrClNO2. The van der Waals surface area contributed by atoms with Gasteiger partial charge < -0.3 is 15.9 Å². The molecule has 0 heterocycles. The molecule has 5 heteroatoms. The van der Waals surface area contributed by atoms with E-state index < -0.39 is 6.10 Å². The number of halogens is 2. The van der Waals surface area contributed by atoms with E-state index in [0.29, 0.717) is 10.0 Å². The maximum absolute atomic E-state index is 9.46. The Kier molecular flexibility index (Phi) is 3.55. The van der Waals surface area contributed by atoms with Crippen molar-refractivity contribution in [1.29, 1.82) is 0 Å². The monoisotopic (exact) mass is 265 g/mol. The first-order valence-electron chi connectivity index (χ1n) is 3.62. The second-order valence-electron chi connectivity index (χ2n) is 2.58. The number of nitrogens with two attached hydrogens (primary N) is 1. The zero-order chi connectivity index (χ0) is 10.0. The average Bonchev–Trinajstić information content (AvgIpc) is 2.10. The number of benzene rings is 1. The molecule has 72 valence electrons. The van der Waals surface area contributed by atoms with Crippen molar-refractivity contribution in [2.45, 2.75) is 6.10 Å². The van der Waals surface area contributed by atoms with E-state index in [2.05, 4.69) is 15.9 Å². The van der Waals surface area contributed by atoms with Crippen LogP contribution in [0.25, 0.3) is 0 Å². The number of hydrogen-bond acceptors (Lipinski definition) is 3. The Balaban J connectivity index is 3.20. The van der Waals surface area contributed by atoms with Crippen molar-refractivity contribution < 1.29 is 10.2 Å². The zero-order valence-electron chi connectivity index (χ0n) is 6.67. The fraction of sp³-hybridized carbons (Fsp3) is 0.250. The summed E-state index contributed by atoms with van der Waals surface area (Å²) in [6.07, 6.45) is -0.894. The van der Waals surface area contributed by atoms with Crippen LogP contribution in [0.15, 0.2) is 16.6 Å². The maximum Gasteiger partial charge on any atom is 0.140 e. The van der Waals surface area contributed by atoms with Crippen molar-refractivity contribution in [1.82, 2.24) is 0 Å².